The van der Waals surface area contributed by atoms with Gasteiger partial charge in [0.05, 0.1) is 17.9 Å². The Labute approximate surface area is 142 Å². The minimum absolute atomic E-state index is 0.149. The van der Waals surface area contributed by atoms with Crippen molar-refractivity contribution in [2.24, 2.45) is 0 Å². The van der Waals surface area contributed by atoms with Gasteiger partial charge in [0.1, 0.15) is 11.4 Å². The van der Waals surface area contributed by atoms with E-state index in [1.54, 1.807) is 0 Å². The Kier molecular flexibility index (Phi) is 4.74. The molecule has 2 aromatic carbocycles. The van der Waals surface area contributed by atoms with Crippen molar-refractivity contribution in [3.63, 3.8) is 0 Å². The molecule has 7 heteroatoms. The number of alkyl halides is 3. The Morgan fingerprint density at radius 3 is 2.52 bits per heavy atom. The Morgan fingerprint density at radius 2 is 1.88 bits per heavy atom. The first-order valence-corrected chi connectivity index (χ1v) is 7.71. The molecule has 0 spiro atoms. The van der Waals surface area contributed by atoms with Gasteiger partial charge in [-0.25, -0.2) is 0 Å². The van der Waals surface area contributed by atoms with Crippen LogP contribution in [0.25, 0.3) is 11.3 Å². The predicted octanol–water partition coefficient (Wildman–Crippen LogP) is 4.50. The number of hydrogen-bond acceptors (Lipinski definition) is 3. The van der Waals surface area contributed by atoms with Crippen molar-refractivity contribution < 1.29 is 17.9 Å². The second-order valence-electron chi connectivity index (χ2n) is 5.72. The molecule has 0 bridgehead atoms. The Balaban J connectivity index is 1.86. The van der Waals surface area contributed by atoms with Crippen LogP contribution >= 0.6 is 0 Å². The van der Waals surface area contributed by atoms with Crippen LogP contribution in [0.4, 0.5) is 13.2 Å². The first-order valence-electron chi connectivity index (χ1n) is 7.71. The third-order valence-electron chi connectivity index (χ3n) is 3.65. The lowest BCUT2D eigenvalue weighted by Gasteiger charge is -2.17. The van der Waals surface area contributed by atoms with Crippen LogP contribution in [0.1, 0.15) is 18.1 Å². The first kappa shape index (κ1) is 17.0. The van der Waals surface area contributed by atoms with Crippen LogP contribution in [-0.4, -0.2) is 21.5 Å². The molecule has 0 aliphatic carbocycles. The van der Waals surface area contributed by atoms with E-state index in [2.05, 4.69) is 15.4 Å². The molecule has 4 nitrogen and oxygen atoms in total. The van der Waals surface area contributed by atoms with Gasteiger partial charge in [-0.2, -0.15) is 28.6 Å². The third-order valence-corrected chi connectivity index (χ3v) is 3.65. The van der Waals surface area contributed by atoms with Gasteiger partial charge in [0, 0.05) is 12.0 Å². The Bertz CT molecular complexity index is 817. The highest BCUT2D eigenvalue weighted by molar-refractivity contribution is 5.61. The number of nitrogens with one attached hydrogen (secondary N) is 1. The summed E-state index contributed by atoms with van der Waals surface area (Å²) >= 11 is 0. The molecule has 130 valence electrons. The molecule has 1 heterocycles. The number of benzene rings is 2. The average molecular weight is 347 g/mol. The molecule has 0 aliphatic heterocycles. The van der Waals surface area contributed by atoms with Crippen LogP contribution in [0.2, 0.25) is 0 Å². The zero-order chi connectivity index (χ0) is 17.9. The molecule has 0 aliphatic rings. The normalized spacial score (nSPS) is 12.8. The number of hydrogen-bond donors (Lipinski definition) is 1. The van der Waals surface area contributed by atoms with Crippen molar-refractivity contribution in [2.45, 2.75) is 25.6 Å². The summed E-state index contributed by atoms with van der Waals surface area (Å²) in [4.78, 5) is 0. The molecule has 1 N–H and O–H groups in total. The molecule has 1 aromatic heterocycles. The van der Waals surface area contributed by atoms with E-state index in [0.29, 0.717) is 17.7 Å². The molecule has 0 saturated heterocycles. The fourth-order valence-electron chi connectivity index (χ4n) is 2.54. The van der Waals surface area contributed by atoms with Gasteiger partial charge in [-0.1, -0.05) is 30.3 Å². The summed E-state index contributed by atoms with van der Waals surface area (Å²) in [6.45, 7) is 1.82. The summed E-state index contributed by atoms with van der Waals surface area (Å²) in [6.07, 6.45) is -2.79. The summed E-state index contributed by atoms with van der Waals surface area (Å²) in [6, 6.07) is 13.2. The van der Waals surface area contributed by atoms with Crippen molar-refractivity contribution in [2.75, 3.05) is 0 Å². The maximum absolute atomic E-state index is 13.2. The maximum Gasteiger partial charge on any atom is 0.416 e. The highest BCUT2D eigenvalue weighted by Crippen LogP contribution is 2.35. The molecule has 3 aromatic rings. The number of H-pyrrole nitrogens is 1. The molecule has 0 amide bonds. The zero-order valence-corrected chi connectivity index (χ0v) is 13.4. The smallest absolute Gasteiger partial charge is 0.416 e. The quantitative estimate of drug-likeness (QED) is 0.739. The van der Waals surface area contributed by atoms with E-state index in [9.17, 15) is 13.2 Å². The van der Waals surface area contributed by atoms with Crippen LogP contribution in [0.3, 0.4) is 0 Å². The van der Waals surface area contributed by atoms with Crippen molar-refractivity contribution in [3.05, 3.63) is 65.9 Å². The summed E-state index contributed by atoms with van der Waals surface area (Å²) in [5, 5.41) is 9.87. The number of nitrogens with zero attached hydrogens (tertiary/aromatic N) is 2. The van der Waals surface area contributed by atoms with Crippen molar-refractivity contribution in [1.29, 1.82) is 0 Å². The number of aromatic nitrogens is 3. The van der Waals surface area contributed by atoms with Crippen molar-refractivity contribution >= 4 is 0 Å². The molecule has 0 saturated carbocycles. The molecule has 25 heavy (non-hydrogen) atoms. The van der Waals surface area contributed by atoms with E-state index < -0.39 is 11.7 Å². The highest BCUT2D eigenvalue weighted by Gasteiger charge is 2.32. The number of halogens is 3. The monoisotopic (exact) mass is 347 g/mol. The van der Waals surface area contributed by atoms with Crippen LogP contribution in [-0.2, 0) is 12.6 Å². The van der Waals surface area contributed by atoms with E-state index in [0.717, 1.165) is 17.7 Å². The highest BCUT2D eigenvalue weighted by atomic mass is 19.4. The van der Waals surface area contributed by atoms with Gasteiger partial charge >= 0.3 is 6.18 Å². The maximum atomic E-state index is 13.2. The van der Waals surface area contributed by atoms with Crippen LogP contribution < -0.4 is 4.74 Å². The molecule has 0 fully saturated rings. The number of rotatable bonds is 5. The molecule has 1 atom stereocenters. The van der Waals surface area contributed by atoms with Gasteiger partial charge in [0.25, 0.3) is 0 Å². The summed E-state index contributed by atoms with van der Waals surface area (Å²) in [5.41, 5.74) is 0.894. The van der Waals surface area contributed by atoms with E-state index in [1.165, 1.54) is 12.3 Å². The molecular formula is C18H16F3N3O. The fourth-order valence-corrected chi connectivity index (χ4v) is 2.54. The fraction of sp³-hybridized carbons (Fsp3) is 0.222. The van der Waals surface area contributed by atoms with E-state index in [-0.39, 0.29) is 11.9 Å². The molecule has 0 radical (unpaired) electrons. The Hall–Kier alpha value is -2.83. The van der Waals surface area contributed by atoms with E-state index in [4.69, 9.17) is 4.74 Å². The molecule has 1 unspecified atom stereocenters. The number of aromatic amines is 1. The molecule has 3 rings (SSSR count). The van der Waals surface area contributed by atoms with Crippen LogP contribution in [0.15, 0.2) is 54.7 Å². The minimum Gasteiger partial charge on any atom is -0.490 e. The van der Waals surface area contributed by atoms with Gasteiger partial charge in [0.15, 0.2) is 0 Å². The Morgan fingerprint density at radius 1 is 1.12 bits per heavy atom. The van der Waals surface area contributed by atoms with Crippen molar-refractivity contribution in [3.8, 4) is 17.0 Å². The van der Waals surface area contributed by atoms with Crippen LogP contribution in [0.5, 0.6) is 5.75 Å². The second-order valence-corrected chi connectivity index (χ2v) is 5.72. The lowest BCUT2D eigenvalue weighted by Crippen LogP contribution is -2.16. The second kappa shape index (κ2) is 6.96. The largest absolute Gasteiger partial charge is 0.490 e. The van der Waals surface area contributed by atoms with Gasteiger partial charge in [-0.15, -0.1) is 0 Å². The lowest BCUT2D eigenvalue weighted by atomic mass is 10.1. The van der Waals surface area contributed by atoms with Gasteiger partial charge < -0.3 is 4.74 Å². The summed E-state index contributed by atoms with van der Waals surface area (Å²) in [5.74, 6) is 0.149. The average Bonchev–Trinajstić information content (AvgIpc) is 3.09. The summed E-state index contributed by atoms with van der Waals surface area (Å²) < 4.78 is 45.3. The van der Waals surface area contributed by atoms with E-state index in [1.807, 2.05) is 37.3 Å². The van der Waals surface area contributed by atoms with Gasteiger partial charge in [0.2, 0.25) is 0 Å². The minimum atomic E-state index is -4.47. The lowest BCUT2D eigenvalue weighted by molar-refractivity contribution is -0.137. The van der Waals surface area contributed by atoms with Crippen molar-refractivity contribution in [1.82, 2.24) is 15.4 Å². The van der Waals surface area contributed by atoms with Gasteiger partial charge in [-0.05, 0) is 30.7 Å². The number of ether oxygens (including phenoxy) is 1. The first-order chi connectivity index (χ1) is 11.9. The zero-order valence-electron chi connectivity index (χ0n) is 13.4. The third kappa shape index (κ3) is 4.37. The SMILES string of the molecule is CC(Cc1ccccc1)Oc1cc(-c2cn[nH]n2)cc(C(F)(F)F)c1. The topological polar surface area (TPSA) is 50.8 Å². The van der Waals surface area contributed by atoms with Gasteiger partial charge in [-0.3, -0.25) is 0 Å². The molecular weight excluding hydrogens is 331 g/mol. The predicted molar refractivity (Wildman–Crippen MR) is 87.1 cm³/mol. The standard InChI is InChI=1S/C18H16F3N3O/c1-12(7-13-5-3-2-4-6-13)25-16-9-14(17-11-22-24-23-17)8-15(10-16)18(19,20)21/h2-6,8-12H,7H2,1H3,(H,22,23,24). The summed E-state index contributed by atoms with van der Waals surface area (Å²) in [7, 11) is 0. The van der Waals surface area contributed by atoms with Crippen LogP contribution in [0, 0.1) is 0 Å². The van der Waals surface area contributed by atoms with E-state index >= 15 is 0 Å².